The highest BCUT2D eigenvalue weighted by Crippen LogP contribution is 2.33. The average Bonchev–Trinajstić information content (AvgIpc) is 3.64. The van der Waals surface area contributed by atoms with Crippen molar-refractivity contribution in [1.82, 2.24) is 20.6 Å². The number of nitrogens with one attached hydrogen (secondary N) is 2. The molecule has 0 amide bonds. The third-order valence-corrected chi connectivity index (χ3v) is 8.70. The molecule has 214 valence electrons. The Morgan fingerprint density at radius 2 is 1.56 bits per heavy atom. The lowest BCUT2D eigenvalue weighted by atomic mass is 9.89. The minimum absolute atomic E-state index is 0.0465. The van der Waals surface area contributed by atoms with E-state index < -0.39 is 6.10 Å². The van der Waals surface area contributed by atoms with E-state index in [2.05, 4.69) is 54.4 Å². The Kier molecular flexibility index (Phi) is 10.6. The van der Waals surface area contributed by atoms with E-state index in [9.17, 15) is 13.9 Å². The van der Waals surface area contributed by atoms with Crippen LogP contribution in [0.4, 0.5) is 8.78 Å². The SMILES string of the molecule is CC(C[C@@H](O)[C@H](NCc1nc(C2CCCC2)ccc1F)C(C)C)C(C)NCc1nc(C2=CCCC2)ccc1F. The Labute approximate surface area is 232 Å². The van der Waals surface area contributed by atoms with Crippen LogP contribution in [0.5, 0.6) is 0 Å². The van der Waals surface area contributed by atoms with Crippen LogP contribution in [0.3, 0.4) is 0 Å². The van der Waals surface area contributed by atoms with Crippen molar-refractivity contribution in [2.75, 3.05) is 0 Å². The molecule has 39 heavy (non-hydrogen) atoms. The molecule has 5 nitrogen and oxygen atoms in total. The lowest BCUT2D eigenvalue weighted by Gasteiger charge is -2.31. The molecule has 1 saturated carbocycles. The van der Waals surface area contributed by atoms with Crippen LogP contribution in [0.1, 0.15) is 108 Å². The molecule has 2 heterocycles. The summed E-state index contributed by atoms with van der Waals surface area (Å²) >= 11 is 0. The highest BCUT2D eigenvalue weighted by atomic mass is 19.1. The third kappa shape index (κ3) is 7.92. The number of halogens is 2. The molecular weight excluding hydrogens is 494 g/mol. The van der Waals surface area contributed by atoms with Crippen LogP contribution >= 0.6 is 0 Å². The summed E-state index contributed by atoms with van der Waals surface area (Å²) in [6.07, 6.45) is 9.98. The van der Waals surface area contributed by atoms with E-state index in [1.54, 1.807) is 6.07 Å². The summed E-state index contributed by atoms with van der Waals surface area (Å²) in [5.74, 6) is 0.111. The number of aliphatic hydroxyl groups is 1. The molecule has 4 rings (SSSR count). The number of nitrogens with zero attached hydrogens (tertiary/aromatic N) is 2. The quantitative estimate of drug-likeness (QED) is 0.265. The molecule has 2 unspecified atom stereocenters. The molecule has 2 aromatic rings. The maximum absolute atomic E-state index is 14.6. The molecule has 0 bridgehead atoms. The molecule has 0 radical (unpaired) electrons. The molecule has 4 atom stereocenters. The van der Waals surface area contributed by atoms with Gasteiger partial charge in [0.05, 0.1) is 23.2 Å². The van der Waals surface area contributed by atoms with Gasteiger partial charge in [-0.15, -0.1) is 0 Å². The number of pyridine rings is 2. The number of allylic oxidation sites excluding steroid dienone is 2. The minimum atomic E-state index is -0.613. The first-order valence-electron chi connectivity index (χ1n) is 14.9. The van der Waals surface area contributed by atoms with Crippen molar-refractivity contribution < 1.29 is 13.9 Å². The molecule has 2 aliphatic carbocycles. The van der Waals surface area contributed by atoms with Crippen LogP contribution in [0, 0.1) is 23.5 Å². The second-order valence-electron chi connectivity index (χ2n) is 12.0. The van der Waals surface area contributed by atoms with E-state index in [-0.39, 0.29) is 42.1 Å². The van der Waals surface area contributed by atoms with Gasteiger partial charge in [-0.1, -0.05) is 39.7 Å². The molecule has 7 heteroatoms. The van der Waals surface area contributed by atoms with E-state index in [1.807, 2.05) is 6.07 Å². The number of hydrogen-bond donors (Lipinski definition) is 3. The largest absolute Gasteiger partial charge is 0.391 e. The Bertz CT molecular complexity index is 1120. The van der Waals surface area contributed by atoms with E-state index in [4.69, 9.17) is 0 Å². The van der Waals surface area contributed by atoms with Crippen molar-refractivity contribution >= 4 is 5.57 Å². The van der Waals surface area contributed by atoms with E-state index in [1.165, 1.54) is 30.5 Å². The Hall–Kier alpha value is -2.22. The zero-order chi connectivity index (χ0) is 27.9. The number of aliphatic hydroxyl groups excluding tert-OH is 1. The normalized spacial score (nSPS) is 19.3. The monoisotopic (exact) mass is 540 g/mol. The predicted octanol–water partition coefficient (Wildman–Crippen LogP) is 6.66. The molecular formula is C32H46F2N4O. The number of hydrogen-bond acceptors (Lipinski definition) is 5. The molecule has 1 fully saturated rings. The van der Waals surface area contributed by atoms with Gasteiger partial charge in [-0.3, -0.25) is 4.98 Å². The average molecular weight is 541 g/mol. The lowest BCUT2D eigenvalue weighted by Crippen LogP contribution is -2.46. The maximum atomic E-state index is 14.6. The van der Waals surface area contributed by atoms with Gasteiger partial charge in [0, 0.05) is 36.8 Å². The minimum Gasteiger partial charge on any atom is -0.391 e. The van der Waals surface area contributed by atoms with Gasteiger partial charge in [-0.05, 0) is 87.1 Å². The van der Waals surface area contributed by atoms with Crippen LogP contribution in [-0.4, -0.2) is 33.3 Å². The van der Waals surface area contributed by atoms with Gasteiger partial charge in [-0.25, -0.2) is 13.8 Å². The fourth-order valence-corrected chi connectivity index (χ4v) is 5.99. The standard InChI is InChI=1S/C32H46F2N4O/c1-20(2)32(36-19-30-26(34)14-16-28(38-30)24-11-7-8-12-24)31(39)17-21(3)22(4)35-18-29-25(33)13-15-27(37-29)23-9-5-6-10-23/h9,13-16,20-22,24,31-32,35-36,39H,5-8,10-12,17-19H2,1-4H3/t21?,22?,31-,32-/m1/s1. The Morgan fingerprint density at radius 3 is 2.23 bits per heavy atom. The second-order valence-corrected chi connectivity index (χ2v) is 12.0. The van der Waals surface area contributed by atoms with Crippen molar-refractivity contribution in [2.45, 2.75) is 116 Å². The first-order chi connectivity index (χ1) is 18.7. The summed E-state index contributed by atoms with van der Waals surface area (Å²) in [7, 11) is 0. The first-order valence-corrected chi connectivity index (χ1v) is 14.9. The molecule has 0 saturated heterocycles. The van der Waals surface area contributed by atoms with Gasteiger partial charge < -0.3 is 15.7 Å². The molecule has 3 N–H and O–H groups in total. The molecule has 0 spiro atoms. The summed E-state index contributed by atoms with van der Waals surface area (Å²) in [6, 6.07) is 6.48. The highest BCUT2D eigenvalue weighted by Gasteiger charge is 2.27. The number of aromatic nitrogens is 2. The van der Waals surface area contributed by atoms with Crippen molar-refractivity contribution in [3.05, 3.63) is 64.8 Å². The van der Waals surface area contributed by atoms with E-state index >= 15 is 0 Å². The maximum Gasteiger partial charge on any atom is 0.146 e. The van der Waals surface area contributed by atoms with Crippen molar-refractivity contribution in [3.63, 3.8) is 0 Å². The van der Waals surface area contributed by atoms with Gasteiger partial charge in [0.15, 0.2) is 0 Å². The molecule has 2 aliphatic rings. The smallest absolute Gasteiger partial charge is 0.146 e. The zero-order valence-corrected chi connectivity index (χ0v) is 24.0. The van der Waals surface area contributed by atoms with Gasteiger partial charge in [0.1, 0.15) is 11.6 Å². The molecule has 2 aromatic heterocycles. The topological polar surface area (TPSA) is 70.1 Å². The van der Waals surface area contributed by atoms with E-state index in [0.29, 0.717) is 30.3 Å². The predicted molar refractivity (Wildman–Crippen MR) is 153 cm³/mol. The molecule has 0 aliphatic heterocycles. The van der Waals surface area contributed by atoms with E-state index in [0.717, 1.165) is 43.5 Å². The highest BCUT2D eigenvalue weighted by molar-refractivity contribution is 5.64. The Balaban J connectivity index is 1.31. The van der Waals surface area contributed by atoms with Crippen molar-refractivity contribution in [3.8, 4) is 0 Å². The van der Waals surface area contributed by atoms with Gasteiger partial charge in [-0.2, -0.15) is 0 Å². The van der Waals surface area contributed by atoms with Crippen molar-refractivity contribution in [1.29, 1.82) is 0 Å². The van der Waals surface area contributed by atoms with Crippen LogP contribution in [0.25, 0.3) is 5.57 Å². The zero-order valence-electron chi connectivity index (χ0n) is 24.0. The second kappa shape index (κ2) is 13.9. The Morgan fingerprint density at radius 1 is 0.897 bits per heavy atom. The molecule has 0 aromatic carbocycles. The summed E-state index contributed by atoms with van der Waals surface area (Å²) in [5, 5.41) is 18.0. The van der Waals surface area contributed by atoms with Crippen LogP contribution < -0.4 is 10.6 Å². The van der Waals surface area contributed by atoms with Crippen molar-refractivity contribution in [2.24, 2.45) is 11.8 Å². The van der Waals surface area contributed by atoms with Gasteiger partial charge in [0.2, 0.25) is 0 Å². The van der Waals surface area contributed by atoms with Crippen LogP contribution in [0.2, 0.25) is 0 Å². The summed E-state index contributed by atoms with van der Waals surface area (Å²) in [4.78, 5) is 9.24. The van der Waals surface area contributed by atoms with Gasteiger partial charge >= 0.3 is 0 Å². The number of rotatable bonds is 13. The van der Waals surface area contributed by atoms with Crippen LogP contribution in [0.15, 0.2) is 30.3 Å². The van der Waals surface area contributed by atoms with Crippen LogP contribution in [-0.2, 0) is 13.1 Å². The summed E-state index contributed by atoms with van der Waals surface area (Å²) < 4.78 is 29.1. The third-order valence-electron chi connectivity index (χ3n) is 8.70. The van der Waals surface area contributed by atoms with Gasteiger partial charge in [0.25, 0.3) is 0 Å². The fraction of sp³-hybridized carbons (Fsp3) is 0.625. The summed E-state index contributed by atoms with van der Waals surface area (Å²) in [6.45, 7) is 8.90. The summed E-state index contributed by atoms with van der Waals surface area (Å²) in [5.41, 5.74) is 3.90. The lowest BCUT2D eigenvalue weighted by molar-refractivity contribution is 0.0763. The fourth-order valence-electron chi connectivity index (χ4n) is 5.99. The first kappa shape index (κ1) is 29.8.